The van der Waals surface area contributed by atoms with Crippen LogP contribution in [0.2, 0.25) is 0 Å². The first-order chi connectivity index (χ1) is 33.8. The van der Waals surface area contributed by atoms with Crippen LogP contribution in [0.15, 0.2) is 109 Å². The number of allylic oxidation sites excluding steroid dienone is 18. The van der Waals surface area contributed by atoms with E-state index in [0.29, 0.717) is 12.8 Å². The number of hydrogen-bond donors (Lipinski definition) is 2. The predicted molar refractivity (Wildman–Crippen MR) is 293 cm³/mol. The Labute approximate surface area is 422 Å². The number of esters is 2. The van der Waals surface area contributed by atoms with Gasteiger partial charge < -0.3 is 20.1 Å². The highest BCUT2D eigenvalue weighted by molar-refractivity contribution is 7.47. The highest BCUT2D eigenvalue weighted by Crippen LogP contribution is 2.43. The molecule has 2 atom stereocenters. The highest BCUT2D eigenvalue weighted by atomic mass is 31.2. The molecule has 0 aliphatic rings. The minimum absolute atomic E-state index is 0.0434. The fraction of sp³-hybridized carbons (Fsp3) is 0.661. The van der Waals surface area contributed by atoms with Crippen molar-refractivity contribution in [2.24, 2.45) is 5.73 Å². The smallest absolute Gasteiger partial charge is 0.462 e. The first-order valence-corrected chi connectivity index (χ1v) is 28.9. The lowest BCUT2D eigenvalue weighted by Crippen LogP contribution is -2.29. The maximum Gasteiger partial charge on any atom is 0.472 e. The molecular formula is C59H100NO8P. The van der Waals surface area contributed by atoms with Gasteiger partial charge in [0.25, 0.3) is 0 Å². The van der Waals surface area contributed by atoms with Gasteiger partial charge >= 0.3 is 19.8 Å². The van der Waals surface area contributed by atoms with Crippen LogP contribution in [0.1, 0.15) is 219 Å². The van der Waals surface area contributed by atoms with Gasteiger partial charge in [-0.05, 0) is 96.3 Å². The zero-order valence-electron chi connectivity index (χ0n) is 43.8. The van der Waals surface area contributed by atoms with Crippen molar-refractivity contribution in [1.29, 1.82) is 0 Å². The third-order valence-corrected chi connectivity index (χ3v) is 12.1. The second-order valence-electron chi connectivity index (χ2n) is 17.7. The van der Waals surface area contributed by atoms with Crippen molar-refractivity contribution < 1.29 is 37.6 Å². The fourth-order valence-electron chi connectivity index (χ4n) is 7.18. The zero-order chi connectivity index (χ0) is 50.2. The van der Waals surface area contributed by atoms with E-state index in [2.05, 4.69) is 123 Å². The van der Waals surface area contributed by atoms with Crippen LogP contribution in [0.4, 0.5) is 0 Å². The van der Waals surface area contributed by atoms with E-state index < -0.39 is 32.5 Å². The van der Waals surface area contributed by atoms with Crippen LogP contribution in [0.3, 0.4) is 0 Å². The van der Waals surface area contributed by atoms with Crippen molar-refractivity contribution in [1.82, 2.24) is 0 Å². The van der Waals surface area contributed by atoms with E-state index in [0.717, 1.165) is 89.9 Å². The number of unbranched alkanes of at least 4 members (excludes halogenated alkanes) is 19. The maximum atomic E-state index is 12.7. The molecule has 0 aromatic heterocycles. The Morgan fingerprint density at radius 2 is 0.754 bits per heavy atom. The summed E-state index contributed by atoms with van der Waals surface area (Å²) in [5.74, 6) is -0.880. The molecule has 0 saturated heterocycles. The van der Waals surface area contributed by atoms with E-state index in [1.54, 1.807) is 0 Å². The second kappa shape index (κ2) is 54.0. The number of ether oxygens (including phenoxy) is 2. The molecular weight excluding hydrogens is 882 g/mol. The SMILES string of the molecule is CC/C=C\C/C=C\C/C=C\C/C=C\C/C=C\CCCCCCCCCCCCCCCCCCCC(=O)OC(COC(=O)CCCC/C=C\C/C=C\C/C=C\C/C=C\CC)COP(=O)(O)OCCN. The van der Waals surface area contributed by atoms with Crippen LogP contribution in [0.25, 0.3) is 0 Å². The van der Waals surface area contributed by atoms with Crippen LogP contribution < -0.4 is 5.73 Å². The van der Waals surface area contributed by atoms with Crippen LogP contribution >= 0.6 is 7.82 Å². The minimum Gasteiger partial charge on any atom is -0.462 e. The first-order valence-electron chi connectivity index (χ1n) is 27.4. The Morgan fingerprint density at radius 3 is 1.14 bits per heavy atom. The second-order valence-corrected chi connectivity index (χ2v) is 19.1. The van der Waals surface area contributed by atoms with Gasteiger partial charge in [0.2, 0.25) is 0 Å². The molecule has 0 heterocycles. The maximum absolute atomic E-state index is 12.7. The van der Waals surface area contributed by atoms with Gasteiger partial charge in [-0.3, -0.25) is 18.6 Å². The normalized spacial score (nSPS) is 14.0. The first kappa shape index (κ1) is 65.7. The zero-order valence-corrected chi connectivity index (χ0v) is 44.6. The monoisotopic (exact) mass is 982 g/mol. The Bertz CT molecular complexity index is 1490. The van der Waals surface area contributed by atoms with E-state index in [1.165, 1.54) is 89.9 Å². The lowest BCUT2D eigenvalue weighted by atomic mass is 10.0. The molecule has 394 valence electrons. The standard InChI is InChI=1S/C59H100NO8P/c1-3-5-7-9-11-13-15-17-19-20-21-22-23-24-25-26-27-28-29-30-31-32-33-34-35-36-38-40-42-44-46-48-50-52-59(62)68-57(56-67-69(63,64)66-54-53-60)55-65-58(61)51-49-47-45-43-41-39-37-18-16-14-12-10-8-6-4-2/h5-8,11-14,17-19,21-22,24-25,37,41,43,57H,3-4,9-10,15-16,20,23,26-36,38-40,42,44-56,60H2,1-2H3,(H,63,64)/b7-5-,8-6-,13-11-,14-12-,19-17-,22-21-,25-24-,37-18-,43-41-. The molecule has 0 fully saturated rings. The summed E-state index contributed by atoms with van der Waals surface area (Å²) in [5, 5.41) is 0. The van der Waals surface area contributed by atoms with Crippen LogP contribution in [-0.4, -0.2) is 49.3 Å². The van der Waals surface area contributed by atoms with Gasteiger partial charge in [0.1, 0.15) is 6.61 Å². The number of rotatable bonds is 50. The molecule has 0 radical (unpaired) electrons. The summed E-state index contributed by atoms with van der Waals surface area (Å²) >= 11 is 0. The topological polar surface area (TPSA) is 134 Å². The quantitative estimate of drug-likeness (QED) is 0.0264. The van der Waals surface area contributed by atoms with E-state index in [1.807, 2.05) is 0 Å². The third kappa shape index (κ3) is 53.9. The number of phosphoric acid groups is 1. The van der Waals surface area contributed by atoms with Gasteiger partial charge in [0.05, 0.1) is 13.2 Å². The molecule has 2 unspecified atom stereocenters. The highest BCUT2D eigenvalue weighted by Gasteiger charge is 2.26. The third-order valence-electron chi connectivity index (χ3n) is 11.2. The van der Waals surface area contributed by atoms with Crippen molar-refractivity contribution in [3.05, 3.63) is 109 Å². The van der Waals surface area contributed by atoms with E-state index in [9.17, 15) is 19.0 Å². The van der Waals surface area contributed by atoms with Crippen LogP contribution in [0.5, 0.6) is 0 Å². The molecule has 0 bridgehead atoms. The van der Waals surface area contributed by atoms with Crippen LogP contribution in [-0.2, 0) is 32.7 Å². The number of carbonyl (C=O) groups excluding carboxylic acids is 2. The van der Waals surface area contributed by atoms with Crippen molar-refractivity contribution in [2.75, 3.05) is 26.4 Å². The van der Waals surface area contributed by atoms with Gasteiger partial charge in [-0.15, -0.1) is 0 Å². The molecule has 0 aliphatic heterocycles. The van der Waals surface area contributed by atoms with Gasteiger partial charge in [0, 0.05) is 19.4 Å². The van der Waals surface area contributed by atoms with Gasteiger partial charge in [-0.25, -0.2) is 4.57 Å². The fourth-order valence-corrected chi connectivity index (χ4v) is 7.95. The Hall–Kier alpha value is -3.33. The average Bonchev–Trinajstić information content (AvgIpc) is 3.34. The molecule has 10 heteroatoms. The lowest BCUT2D eigenvalue weighted by molar-refractivity contribution is -0.161. The van der Waals surface area contributed by atoms with Gasteiger partial charge in [0.15, 0.2) is 6.10 Å². The summed E-state index contributed by atoms with van der Waals surface area (Å²) in [6.07, 6.45) is 73.0. The number of carbonyl (C=O) groups is 2. The summed E-state index contributed by atoms with van der Waals surface area (Å²) in [7, 11) is -4.40. The summed E-state index contributed by atoms with van der Waals surface area (Å²) in [5.41, 5.74) is 5.37. The van der Waals surface area contributed by atoms with Crippen LogP contribution in [0, 0.1) is 0 Å². The molecule has 3 N–H and O–H groups in total. The van der Waals surface area contributed by atoms with Gasteiger partial charge in [-0.2, -0.15) is 0 Å². The molecule has 69 heavy (non-hydrogen) atoms. The average molecular weight is 982 g/mol. The van der Waals surface area contributed by atoms with Crippen molar-refractivity contribution in [3.63, 3.8) is 0 Å². The largest absolute Gasteiger partial charge is 0.472 e. The molecule has 0 amide bonds. The van der Waals surface area contributed by atoms with E-state index in [4.69, 9.17) is 24.3 Å². The van der Waals surface area contributed by atoms with Crippen molar-refractivity contribution >= 4 is 19.8 Å². The number of phosphoric ester groups is 1. The van der Waals surface area contributed by atoms with E-state index >= 15 is 0 Å². The molecule has 0 aliphatic carbocycles. The summed E-state index contributed by atoms with van der Waals surface area (Å²) < 4.78 is 32.9. The molecule has 0 spiro atoms. The molecule has 0 aromatic carbocycles. The lowest BCUT2D eigenvalue weighted by Gasteiger charge is -2.19. The summed E-state index contributed by atoms with van der Waals surface area (Å²) in [4.78, 5) is 35.0. The Morgan fingerprint density at radius 1 is 0.435 bits per heavy atom. The Balaban J connectivity index is 3.95. The van der Waals surface area contributed by atoms with E-state index in [-0.39, 0.29) is 32.6 Å². The minimum atomic E-state index is -4.40. The molecule has 0 aromatic rings. The Kier molecular flexibility index (Phi) is 51.4. The van der Waals surface area contributed by atoms with Gasteiger partial charge in [-0.1, -0.05) is 220 Å². The number of nitrogens with two attached hydrogens (primary N) is 1. The van der Waals surface area contributed by atoms with Crippen molar-refractivity contribution in [3.8, 4) is 0 Å². The summed E-state index contributed by atoms with van der Waals surface area (Å²) in [6, 6.07) is 0. The number of hydrogen-bond acceptors (Lipinski definition) is 8. The molecule has 9 nitrogen and oxygen atoms in total. The molecule has 0 saturated carbocycles. The molecule has 0 rings (SSSR count). The predicted octanol–water partition coefficient (Wildman–Crippen LogP) is 17.1. The summed E-state index contributed by atoms with van der Waals surface area (Å²) in [6.45, 7) is 3.46. The van der Waals surface area contributed by atoms with Crippen molar-refractivity contribution in [2.45, 2.75) is 225 Å².